The van der Waals surface area contributed by atoms with Gasteiger partial charge in [-0.15, -0.1) is 0 Å². The fourth-order valence-corrected chi connectivity index (χ4v) is 5.36. The summed E-state index contributed by atoms with van der Waals surface area (Å²) < 4.78 is 5.70. The van der Waals surface area contributed by atoms with Gasteiger partial charge in [0.1, 0.15) is 0 Å². The fraction of sp³-hybridized carbons (Fsp3) is 0.941. The van der Waals surface area contributed by atoms with Crippen LogP contribution in [0.4, 0.5) is 9.59 Å². The Bertz CT molecular complexity index is 448. The summed E-state index contributed by atoms with van der Waals surface area (Å²) in [6, 6.07) is 0. The molecule has 0 saturated carbocycles. The molecule has 0 radical (unpaired) electrons. The number of nitrogens with zero attached hydrogens (tertiary/aromatic N) is 2. The number of hydrogen-bond donors (Lipinski definition) is 0. The van der Waals surface area contributed by atoms with Gasteiger partial charge in [0.05, 0.1) is 52.4 Å². The van der Waals surface area contributed by atoms with Crippen LogP contribution in [0.3, 0.4) is 0 Å². The van der Waals surface area contributed by atoms with Crippen LogP contribution in [-0.4, -0.2) is 73.6 Å². The molecule has 7 heteroatoms. The van der Waals surface area contributed by atoms with Crippen molar-refractivity contribution in [3.05, 3.63) is 0 Å². The Balaban J connectivity index is -0.000000574. The Hall–Kier alpha value is -1.34. The molecule has 0 heterocycles. The third-order valence-electron chi connectivity index (χ3n) is 8.05. The second kappa shape index (κ2) is 31.6. The van der Waals surface area contributed by atoms with E-state index in [0.717, 1.165) is 0 Å². The van der Waals surface area contributed by atoms with Crippen molar-refractivity contribution in [3.8, 4) is 0 Å². The number of quaternary nitrogens is 2. The van der Waals surface area contributed by atoms with E-state index in [1.165, 1.54) is 164 Å². The van der Waals surface area contributed by atoms with Crippen LogP contribution in [0, 0.1) is 0 Å². The van der Waals surface area contributed by atoms with Crippen LogP contribution < -0.4 is 10.2 Å². The zero-order chi connectivity index (χ0) is 31.8. The predicted octanol–water partition coefficient (Wildman–Crippen LogP) is 7.70. The maximum absolute atomic E-state index is 9.06. The van der Waals surface area contributed by atoms with Crippen LogP contribution in [0.5, 0.6) is 0 Å². The topological polar surface area (TPSA) is 89.5 Å². The summed E-state index contributed by atoms with van der Waals surface area (Å²) in [5.41, 5.74) is 0. The highest BCUT2D eigenvalue weighted by Gasteiger charge is 2.25. The smallest absolute Gasteiger partial charge is 0.259 e. The van der Waals surface area contributed by atoms with Gasteiger partial charge < -0.3 is 33.5 Å². The van der Waals surface area contributed by atoms with E-state index in [1.54, 1.807) is 0 Å². The van der Waals surface area contributed by atoms with Crippen LogP contribution in [0.15, 0.2) is 0 Å². The van der Waals surface area contributed by atoms with Crippen LogP contribution in [0.25, 0.3) is 0 Å². The Morgan fingerprint density at radius 1 is 0.390 bits per heavy atom. The number of hydrogen-bond acceptors (Lipinski definition) is 5. The molecule has 0 amide bonds. The van der Waals surface area contributed by atoms with Gasteiger partial charge in [-0.05, 0) is 51.4 Å². The summed E-state index contributed by atoms with van der Waals surface area (Å²) in [7, 11) is 0. The van der Waals surface area contributed by atoms with Crippen molar-refractivity contribution in [2.24, 2.45) is 0 Å². The van der Waals surface area contributed by atoms with E-state index < -0.39 is 12.3 Å². The van der Waals surface area contributed by atoms with E-state index in [1.807, 2.05) is 0 Å². The maximum Gasteiger partial charge on any atom is 0.259 e. The molecule has 0 aromatic rings. The number of carbonyl (C=O) groups is 2. The van der Waals surface area contributed by atoms with Gasteiger partial charge in [0, 0.05) is 0 Å². The zero-order valence-electron chi connectivity index (χ0n) is 28.9. The first kappa shape index (κ1) is 44.1. The Morgan fingerprint density at radius 3 is 0.610 bits per heavy atom. The predicted molar refractivity (Wildman–Crippen MR) is 171 cm³/mol. The number of carbonyl (C=O) groups excluding carboxylic acids is 2. The number of unbranched alkanes of at least 4 members (excludes halogenated alkanes) is 8. The summed E-state index contributed by atoms with van der Waals surface area (Å²) in [4.78, 5) is 18.1. The van der Waals surface area contributed by atoms with Crippen LogP contribution in [0.2, 0.25) is 0 Å². The van der Waals surface area contributed by atoms with Crippen molar-refractivity contribution in [2.75, 3.05) is 52.4 Å². The van der Waals surface area contributed by atoms with Gasteiger partial charge >= 0.3 is 0 Å². The first-order valence-electron chi connectivity index (χ1n) is 17.4. The molecule has 0 unspecified atom stereocenters. The van der Waals surface area contributed by atoms with Crippen molar-refractivity contribution in [1.82, 2.24) is 0 Å². The first-order valence-corrected chi connectivity index (χ1v) is 17.4. The minimum atomic E-state index is -2.12. The Kier molecular flexibility index (Phi) is 34.0. The normalized spacial score (nSPS) is 11.2. The zero-order valence-corrected chi connectivity index (χ0v) is 28.9. The molecular formula is C34H72N2O5. The second-order valence-electron chi connectivity index (χ2n) is 11.9. The lowest BCUT2D eigenvalue weighted by Gasteiger charge is -2.39. The molecule has 0 aliphatic carbocycles. The van der Waals surface area contributed by atoms with Gasteiger partial charge in [-0.25, -0.2) is 0 Å². The standard InChI is InChI=1S/2C16H36N.C2H2O5/c2*1-5-9-13-17(14-10-6-2,15-11-7-3)16-12-8-4;3-1(4)7-2(5)6/h2*5-16H2,1-4H3;(H,3,4)(H,5,6)/q2*+1;/p-2. The summed E-state index contributed by atoms with van der Waals surface area (Å²) in [6.07, 6.45) is 17.9. The van der Waals surface area contributed by atoms with Crippen LogP contribution in [0.1, 0.15) is 158 Å². The summed E-state index contributed by atoms with van der Waals surface area (Å²) in [5, 5.41) is 18.1. The first-order chi connectivity index (χ1) is 19.6. The van der Waals surface area contributed by atoms with E-state index in [0.29, 0.717) is 0 Å². The summed E-state index contributed by atoms with van der Waals surface area (Å²) in [6.45, 7) is 30.0. The summed E-state index contributed by atoms with van der Waals surface area (Å²) in [5.74, 6) is 0. The molecule has 41 heavy (non-hydrogen) atoms. The van der Waals surface area contributed by atoms with Crippen molar-refractivity contribution in [3.63, 3.8) is 0 Å². The van der Waals surface area contributed by atoms with Crippen molar-refractivity contribution in [2.45, 2.75) is 158 Å². The van der Waals surface area contributed by atoms with Gasteiger partial charge in [0.2, 0.25) is 0 Å². The molecule has 0 aliphatic rings. The lowest BCUT2D eigenvalue weighted by atomic mass is 10.1. The van der Waals surface area contributed by atoms with Gasteiger partial charge in [-0.2, -0.15) is 0 Å². The second-order valence-corrected chi connectivity index (χ2v) is 11.9. The van der Waals surface area contributed by atoms with Gasteiger partial charge in [0.25, 0.3) is 12.3 Å². The van der Waals surface area contributed by atoms with Gasteiger partial charge in [-0.1, -0.05) is 107 Å². The van der Waals surface area contributed by atoms with E-state index in [2.05, 4.69) is 60.1 Å². The highest BCUT2D eigenvalue weighted by atomic mass is 16.7. The summed E-state index contributed by atoms with van der Waals surface area (Å²) >= 11 is 0. The average molecular weight is 589 g/mol. The highest BCUT2D eigenvalue weighted by Crippen LogP contribution is 2.17. The molecule has 0 saturated heterocycles. The third kappa shape index (κ3) is 28.5. The van der Waals surface area contributed by atoms with Crippen LogP contribution >= 0.6 is 0 Å². The fourth-order valence-electron chi connectivity index (χ4n) is 5.36. The number of rotatable bonds is 24. The lowest BCUT2D eigenvalue weighted by molar-refractivity contribution is -0.929. The molecule has 0 spiro atoms. The molecule has 0 N–H and O–H groups in total. The molecule has 7 nitrogen and oxygen atoms in total. The van der Waals surface area contributed by atoms with Crippen molar-refractivity contribution >= 4 is 12.3 Å². The minimum Gasteiger partial charge on any atom is -0.483 e. The maximum atomic E-state index is 9.06. The molecule has 0 bridgehead atoms. The molecular weight excluding hydrogens is 516 g/mol. The van der Waals surface area contributed by atoms with Crippen LogP contribution in [-0.2, 0) is 4.74 Å². The molecule has 0 aliphatic heterocycles. The largest absolute Gasteiger partial charge is 0.483 e. The molecule has 0 fully saturated rings. The molecule has 0 aromatic carbocycles. The SMILES string of the molecule is CCCC[N+](CCCC)(CCCC)CCCC.CCCC[N+](CCCC)(CCCC)CCCC.O=C([O-])OC(=O)[O-]. The minimum absolute atomic E-state index is 1.35. The van der Waals surface area contributed by atoms with Crippen molar-refractivity contribution in [1.29, 1.82) is 0 Å². The average Bonchev–Trinajstić information content (AvgIpc) is 2.95. The molecule has 0 atom stereocenters. The van der Waals surface area contributed by atoms with E-state index in [-0.39, 0.29) is 0 Å². The highest BCUT2D eigenvalue weighted by molar-refractivity contribution is 5.71. The van der Waals surface area contributed by atoms with Gasteiger partial charge in [-0.3, -0.25) is 0 Å². The van der Waals surface area contributed by atoms with E-state index in [4.69, 9.17) is 19.8 Å². The lowest BCUT2D eigenvalue weighted by Crippen LogP contribution is -2.50. The molecule has 0 rings (SSSR count). The quantitative estimate of drug-likeness (QED) is 0.0655. The van der Waals surface area contributed by atoms with Gasteiger partial charge in [0.15, 0.2) is 0 Å². The van der Waals surface area contributed by atoms with Crippen molar-refractivity contribution < 1.29 is 33.5 Å². The molecule has 0 aromatic heterocycles. The third-order valence-corrected chi connectivity index (χ3v) is 8.05. The molecule has 248 valence electrons. The van der Waals surface area contributed by atoms with E-state index in [9.17, 15) is 0 Å². The Labute approximate surface area is 256 Å². The Morgan fingerprint density at radius 2 is 0.537 bits per heavy atom. The number of carboxylic acid groups (broad SMARTS) is 2. The number of ether oxygens (including phenoxy) is 1. The monoisotopic (exact) mass is 589 g/mol. The van der Waals surface area contributed by atoms with E-state index >= 15 is 0 Å².